The Labute approximate surface area is 145 Å². The summed E-state index contributed by atoms with van der Waals surface area (Å²) in [6.45, 7) is 5.50. The van der Waals surface area contributed by atoms with E-state index in [9.17, 15) is 4.79 Å². The van der Waals surface area contributed by atoms with Gasteiger partial charge in [0.1, 0.15) is 0 Å². The number of halogens is 1. The van der Waals surface area contributed by atoms with Crippen LogP contribution < -0.4 is 5.01 Å². The fourth-order valence-corrected chi connectivity index (χ4v) is 2.88. The Morgan fingerprint density at radius 1 is 1.21 bits per heavy atom. The first kappa shape index (κ1) is 16.3. The average molecular weight is 340 g/mol. The van der Waals surface area contributed by atoms with E-state index < -0.39 is 0 Å². The molecule has 122 valence electrons. The first-order valence-corrected chi connectivity index (χ1v) is 8.02. The molecule has 0 saturated carbocycles. The summed E-state index contributed by atoms with van der Waals surface area (Å²) in [5, 5.41) is 7.51. The number of amides is 1. The first-order chi connectivity index (χ1) is 11.5. The zero-order valence-corrected chi connectivity index (χ0v) is 14.6. The summed E-state index contributed by atoms with van der Waals surface area (Å²) in [5.74, 6) is -0.138. The smallest absolute Gasteiger partial charge is 0.244 e. The highest BCUT2D eigenvalue weighted by molar-refractivity contribution is 6.31. The fourth-order valence-electron chi connectivity index (χ4n) is 2.70. The minimum Gasteiger partial charge on any atom is -0.360 e. The normalized spacial score (nSPS) is 11.3. The van der Waals surface area contributed by atoms with Gasteiger partial charge in [-0.3, -0.25) is 4.79 Å². The maximum atomic E-state index is 12.0. The molecule has 1 heterocycles. The second-order valence-electron chi connectivity index (χ2n) is 5.80. The van der Waals surface area contributed by atoms with Crippen LogP contribution in [0.5, 0.6) is 0 Å². The number of fused-ring (bicyclic) bond motifs is 1. The van der Waals surface area contributed by atoms with Crippen LogP contribution >= 0.6 is 11.6 Å². The number of aryl methyl sites for hydroxylation is 2. The summed E-state index contributed by atoms with van der Waals surface area (Å²) >= 11 is 6.00. The molecule has 0 saturated heterocycles. The van der Waals surface area contributed by atoms with Crippen molar-refractivity contribution in [3.05, 3.63) is 64.3 Å². The van der Waals surface area contributed by atoms with Crippen LogP contribution in [-0.4, -0.2) is 17.1 Å². The molecule has 5 heteroatoms. The van der Waals surface area contributed by atoms with Crippen molar-refractivity contribution in [1.82, 2.24) is 4.98 Å². The Balaban J connectivity index is 1.98. The second kappa shape index (κ2) is 6.49. The molecular weight excluding hydrogens is 322 g/mol. The number of rotatable bonds is 3. The number of hydrogen-bond acceptors (Lipinski definition) is 2. The lowest BCUT2D eigenvalue weighted by atomic mass is 10.1. The van der Waals surface area contributed by atoms with Gasteiger partial charge in [-0.2, -0.15) is 5.10 Å². The molecule has 3 aromatic rings. The molecule has 0 aliphatic rings. The highest BCUT2D eigenvalue weighted by Crippen LogP contribution is 2.23. The molecule has 0 spiro atoms. The van der Waals surface area contributed by atoms with E-state index in [0.29, 0.717) is 5.02 Å². The monoisotopic (exact) mass is 339 g/mol. The largest absolute Gasteiger partial charge is 0.360 e. The molecule has 0 aliphatic heterocycles. The van der Waals surface area contributed by atoms with Gasteiger partial charge < -0.3 is 4.98 Å². The Morgan fingerprint density at radius 2 is 2.00 bits per heavy atom. The molecule has 3 rings (SSSR count). The van der Waals surface area contributed by atoms with Crippen LogP contribution in [0.1, 0.15) is 23.6 Å². The molecule has 2 aromatic carbocycles. The number of carbonyl (C=O) groups is 1. The highest BCUT2D eigenvalue weighted by Gasteiger charge is 2.13. The molecule has 1 amide bonds. The predicted octanol–water partition coefficient (Wildman–Crippen LogP) is 4.83. The molecule has 0 radical (unpaired) electrons. The van der Waals surface area contributed by atoms with Crippen LogP contribution in [0, 0.1) is 13.8 Å². The van der Waals surface area contributed by atoms with Crippen molar-refractivity contribution in [1.29, 1.82) is 0 Å². The van der Waals surface area contributed by atoms with Crippen molar-refractivity contribution in [3.8, 4) is 0 Å². The molecule has 0 unspecified atom stereocenters. The Morgan fingerprint density at radius 3 is 2.71 bits per heavy atom. The van der Waals surface area contributed by atoms with Crippen molar-refractivity contribution in [2.75, 3.05) is 5.01 Å². The number of hydrogen-bond donors (Lipinski definition) is 1. The van der Waals surface area contributed by atoms with E-state index in [4.69, 9.17) is 11.6 Å². The van der Waals surface area contributed by atoms with Gasteiger partial charge in [-0.05, 0) is 37.6 Å². The number of H-pyrrole nitrogens is 1. The Kier molecular flexibility index (Phi) is 4.40. The first-order valence-electron chi connectivity index (χ1n) is 7.64. The van der Waals surface area contributed by atoms with E-state index in [1.807, 2.05) is 56.4 Å². The van der Waals surface area contributed by atoms with Gasteiger partial charge in [0, 0.05) is 34.6 Å². The number of aromatic amines is 1. The Bertz CT molecular complexity index is 943. The van der Waals surface area contributed by atoms with Crippen molar-refractivity contribution in [2.45, 2.75) is 20.8 Å². The van der Waals surface area contributed by atoms with Gasteiger partial charge in [-0.15, -0.1) is 0 Å². The van der Waals surface area contributed by atoms with Crippen LogP contribution in [0.25, 0.3) is 10.9 Å². The lowest BCUT2D eigenvalue weighted by molar-refractivity contribution is -0.116. The number of benzene rings is 2. The maximum Gasteiger partial charge on any atom is 0.244 e. The van der Waals surface area contributed by atoms with Crippen molar-refractivity contribution < 1.29 is 4.79 Å². The molecule has 1 aromatic heterocycles. The lowest BCUT2D eigenvalue weighted by Gasteiger charge is -2.17. The van der Waals surface area contributed by atoms with Gasteiger partial charge >= 0.3 is 0 Å². The number of anilines is 1. The summed E-state index contributed by atoms with van der Waals surface area (Å²) < 4.78 is 0. The van der Waals surface area contributed by atoms with Crippen LogP contribution in [0.2, 0.25) is 5.02 Å². The van der Waals surface area contributed by atoms with Gasteiger partial charge in [0.25, 0.3) is 0 Å². The number of carbonyl (C=O) groups excluding carboxylic acids is 1. The van der Waals surface area contributed by atoms with Crippen molar-refractivity contribution in [3.63, 3.8) is 0 Å². The molecule has 1 N–H and O–H groups in total. The predicted molar refractivity (Wildman–Crippen MR) is 100.0 cm³/mol. The summed E-state index contributed by atoms with van der Waals surface area (Å²) in [4.78, 5) is 15.2. The van der Waals surface area contributed by atoms with Crippen LogP contribution in [0.4, 0.5) is 5.69 Å². The Hall–Kier alpha value is -2.59. The van der Waals surface area contributed by atoms with Crippen LogP contribution in [0.15, 0.2) is 47.7 Å². The SMILES string of the molecule is CC(=O)N(/N=C/c1c[nH]c2cc(Cl)ccc12)c1ccc(C)cc1C. The van der Waals surface area contributed by atoms with E-state index in [1.165, 1.54) is 11.9 Å². The van der Waals surface area contributed by atoms with E-state index >= 15 is 0 Å². The number of nitrogens with zero attached hydrogens (tertiary/aromatic N) is 2. The molecule has 0 atom stereocenters. The average Bonchev–Trinajstić information content (AvgIpc) is 2.91. The lowest BCUT2D eigenvalue weighted by Crippen LogP contribution is -2.23. The summed E-state index contributed by atoms with van der Waals surface area (Å²) in [6.07, 6.45) is 3.54. The standard InChI is InChI=1S/C19H18ClN3O/c1-12-4-7-19(13(2)8-12)23(14(3)24)22-11-15-10-21-18-9-16(20)5-6-17(15)18/h4-11,21H,1-3H3/b22-11+. The fraction of sp³-hybridized carbons (Fsp3) is 0.158. The molecule has 0 fully saturated rings. The summed E-state index contributed by atoms with van der Waals surface area (Å²) in [7, 11) is 0. The molecule has 0 aliphatic carbocycles. The van der Waals surface area contributed by atoms with E-state index in [2.05, 4.69) is 10.1 Å². The highest BCUT2D eigenvalue weighted by atomic mass is 35.5. The van der Waals surface area contributed by atoms with Crippen molar-refractivity contribution >= 4 is 40.3 Å². The minimum atomic E-state index is -0.138. The number of aromatic nitrogens is 1. The van der Waals surface area contributed by atoms with E-state index in [-0.39, 0.29) is 5.91 Å². The third kappa shape index (κ3) is 3.19. The van der Waals surface area contributed by atoms with Crippen LogP contribution in [0.3, 0.4) is 0 Å². The third-order valence-corrected chi connectivity index (χ3v) is 4.10. The number of hydrazone groups is 1. The topological polar surface area (TPSA) is 48.5 Å². The second-order valence-corrected chi connectivity index (χ2v) is 6.24. The molecule has 24 heavy (non-hydrogen) atoms. The van der Waals surface area contributed by atoms with Gasteiger partial charge in [0.2, 0.25) is 5.91 Å². The molecular formula is C19H18ClN3O. The van der Waals surface area contributed by atoms with Gasteiger partial charge in [-0.25, -0.2) is 5.01 Å². The van der Waals surface area contributed by atoms with E-state index in [0.717, 1.165) is 33.3 Å². The van der Waals surface area contributed by atoms with Crippen molar-refractivity contribution in [2.24, 2.45) is 5.10 Å². The third-order valence-electron chi connectivity index (χ3n) is 3.87. The summed E-state index contributed by atoms with van der Waals surface area (Å²) in [5.41, 5.74) is 4.78. The molecule has 0 bridgehead atoms. The van der Waals surface area contributed by atoms with Gasteiger partial charge in [0.15, 0.2) is 0 Å². The zero-order valence-electron chi connectivity index (χ0n) is 13.8. The summed E-state index contributed by atoms with van der Waals surface area (Å²) in [6, 6.07) is 11.6. The number of nitrogens with one attached hydrogen (secondary N) is 1. The quantitative estimate of drug-likeness (QED) is 0.539. The van der Waals surface area contributed by atoms with E-state index in [1.54, 1.807) is 6.21 Å². The van der Waals surface area contributed by atoms with Gasteiger partial charge in [-0.1, -0.05) is 35.4 Å². The minimum absolute atomic E-state index is 0.138. The molecule has 4 nitrogen and oxygen atoms in total. The van der Waals surface area contributed by atoms with Crippen LogP contribution in [-0.2, 0) is 4.79 Å². The maximum absolute atomic E-state index is 12.0. The zero-order chi connectivity index (χ0) is 17.3. The van der Waals surface area contributed by atoms with Gasteiger partial charge in [0.05, 0.1) is 11.9 Å².